The van der Waals surface area contributed by atoms with Crippen LogP contribution in [0.15, 0.2) is 71.2 Å². The third-order valence-electron chi connectivity index (χ3n) is 4.13. The predicted octanol–water partition coefficient (Wildman–Crippen LogP) is 5.06. The number of nitrogens with one attached hydrogen (secondary N) is 1. The van der Waals surface area contributed by atoms with Gasteiger partial charge < -0.3 is 10.1 Å². The lowest BCUT2D eigenvalue weighted by molar-refractivity contribution is 0.150. The van der Waals surface area contributed by atoms with Crippen LogP contribution >= 0.6 is 12.2 Å². The van der Waals surface area contributed by atoms with Crippen LogP contribution in [0.3, 0.4) is 0 Å². The van der Waals surface area contributed by atoms with Crippen LogP contribution in [0.5, 0.6) is 0 Å². The number of benzene rings is 2. The Kier molecular flexibility index (Phi) is 4.49. The van der Waals surface area contributed by atoms with Gasteiger partial charge >= 0.3 is 0 Å². The molecule has 1 aliphatic rings. The molecule has 0 saturated heterocycles. The lowest BCUT2D eigenvalue weighted by Gasteiger charge is -2.19. The Morgan fingerprint density at radius 1 is 1.00 bits per heavy atom. The second kappa shape index (κ2) is 6.57. The predicted molar refractivity (Wildman–Crippen MR) is 104 cm³/mol. The number of hydrogen-bond donors (Lipinski definition) is 1. The maximum Gasteiger partial charge on any atom is 0.225 e. The fourth-order valence-corrected chi connectivity index (χ4v) is 2.82. The van der Waals surface area contributed by atoms with Crippen LogP contribution in [0.2, 0.25) is 0 Å². The van der Waals surface area contributed by atoms with Gasteiger partial charge in [-0.2, -0.15) is 4.99 Å². The SMILES string of the molecule is CC1=C(c2ccccc2)C(=NC(=S)Nc2ccccc2)OC1(C)C. The van der Waals surface area contributed by atoms with E-state index in [-0.39, 0.29) is 0 Å². The smallest absolute Gasteiger partial charge is 0.225 e. The summed E-state index contributed by atoms with van der Waals surface area (Å²) >= 11 is 5.39. The molecular weight excluding hydrogens is 316 g/mol. The Balaban J connectivity index is 1.93. The Morgan fingerprint density at radius 3 is 2.21 bits per heavy atom. The number of thiocarbonyl (C=S) groups is 1. The van der Waals surface area contributed by atoms with Gasteiger partial charge in [0.05, 0.1) is 0 Å². The molecule has 0 radical (unpaired) electrons. The molecule has 0 unspecified atom stereocenters. The Morgan fingerprint density at radius 2 is 1.58 bits per heavy atom. The molecule has 1 aliphatic heterocycles. The summed E-state index contributed by atoms with van der Waals surface area (Å²) in [5, 5.41) is 3.51. The van der Waals surface area contributed by atoms with Crippen LogP contribution in [-0.4, -0.2) is 16.6 Å². The van der Waals surface area contributed by atoms with Gasteiger partial charge in [0.2, 0.25) is 11.0 Å². The molecule has 0 spiro atoms. The van der Waals surface area contributed by atoms with Gasteiger partial charge in [-0.25, -0.2) is 0 Å². The van der Waals surface area contributed by atoms with E-state index < -0.39 is 5.60 Å². The fourth-order valence-electron chi connectivity index (χ4n) is 2.62. The van der Waals surface area contributed by atoms with E-state index in [9.17, 15) is 0 Å². The number of ether oxygens (including phenoxy) is 1. The first-order chi connectivity index (χ1) is 11.5. The maximum atomic E-state index is 6.08. The molecule has 0 fully saturated rings. The Labute approximate surface area is 148 Å². The molecule has 2 aromatic rings. The zero-order chi connectivity index (χ0) is 17.2. The van der Waals surface area contributed by atoms with Gasteiger partial charge in [0.15, 0.2) is 0 Å². The number of hydrogen-bond acceptors (Lipinski definition) is 2. The minimum absolute atomic E-state index is 0.384. The molecule has 24 heavy (non-hydrogen) atoms. The van der Waals surface area contributed by atoms with Crippen molar-refractivity contribution in [3.63, 3.8) is 0 Å². The highest BCUT2D eigenvalue weighted by molar-refractivity contribution is 7.80. The zero-order valence-electron chi connectivity index (χ0n) is 14.0. The molecule has 3 rings (SSSR count). The third kappa shape index (κ3) is 3.39. The van der Waals surface area contributed by atoms with E-state index in [0.717, 1.165) is 22.4 Å². The van der Waals surface area contributed by atoms with Crippen molar-refractivity contribution in [3.05, 3.63) is 71.8 Å². The van der Waals surface area contributed by atoms with Crippen molar-refractivity contribution in [3.8, 4) is 0 Å². The second-order valence-electron chi connectivity index (χ2n) is 6.19. The number of rotatable bonds is 2. The van der Waals surface area contributed by atoms with Crippen molar-refractivity contribution in [2.24, 2.45) is 4.99 Å². The summed E-state index contributed by atoms with van der Waals surface area (Å²) in [5.41, 5.74) is 3.76. The first-order valence-corrected chi connectivity index (χ1v) is 8.29. The van der Waals surface area contributed by atoms with Gasteiger partial charge in [-0.1, -0.05) is 48.5 Å². The number of anilines is 1. The van der Waals surface area contributed by atoms with Gasteiger partial charge in [0.1, 0.15) is 5.60 Å². The highest BCUT2D eigenvalue weighted by Gasteiger charge is 2.36. The van der Waals surface area contributed by atoms with Crippen LogP contribution in [0.1, 0.15) is 26.3 Å². The summed E-state index contributed by atoms with van der Waals surface area (Å²) in [7, 11) is 0. The number of para-hydroxylation sites is 1. The van der Waals surface area contributed by atoms with E-state index in [2.05, 4.69) is 29.4 Å². The van der Waals surface area contributed by atoms with Gasteiger partial charge in [0, 0.05) is 11.3 Å². The van der Waals surface area contributed by atoms with E-state index in [1.807, 2.05) is 62.4 Å². The Bertz CT molecular complexity index is 808. The van der Waals surface area contributed by atoms with Crippen LogP contribution in [0.25, 0.3) is 5.57 Å². The van der Waals surface area contributed by atoms with Crippen LogP contribution in [0.4, 0.5) is 5.69 Å². The lowest BCUT2D eigenvalue weighted by atomic mass is 9.94. The molecule has 0 aliphatic carbocycles. The molecule has 122 valence electrons. The summed E-state index contributed by atoms with van der Waals surface area (Å²) < 4.78 is 6.08. The standard InChI is InChI=1S/C20H20N2OS/c1-14-17(15-10-6-4-7-11-15)18(23-20(14,2)3)22-19(24)21-16-12-8-5-9-13-16/h4-13H,1-3H3,(H,21,24). The summed E-state index contributed by atoms with van der Waals surface area (Å²) in [6, 6.07) is 19.9. The van der Waals surface area contributed by atoms with Gasteiger partial charge in [0.25, 0.3) is 0 Å². The van der Waals surface area contributed by atoms with Crippen molar-refractivity contribution < 1.29 is 4.74 Å². The molecular formula is C20H20N2OS. The monoisotopic (exact) mass is 336 g/mol. The fraction of sp³-hybridized carbons (Fsp3) is 0.200. The van der Waals surface area contributed by atoms with Crippen molar-refractivity contribution in [2.45, 2.75) is 26.4 Å². The second-order valence-corrected chi connectivity index (χ2v) is 6.58. The lowest BCUT2D eigenvalue weighted by Crippen LogP contribution is -2.22. The molecule has 0 saturated carbocycles. The van der Waals surface area contributed by atoms with Crippen molar-refractivity contribution in [1.82, 2.24) is 0 Å². The van der Waals surface area contributed by atoms with Crippen molar-refractivity contribution >= 4 is 34.5 Å². The normalized spacial score (nSPS) is 17.7. The molecule has 4 heteroatoms. The van der Waals surface area contributed by atoms with Crippen LogP contribution in [0, 0.1) is 0 Å². The summed E-state index contributed by atoms with van der Waals surface area (Å²) in [6.45, 7) is 6.17. The molecule has 0 aromatic heterocycles. The van der Waals surface area contributed by atoms with Crippen molar-refractivity contribution in [2.75, 3.05) is 5.32 Å². The maximum absolute atomic E-state index is 6.08. The molecule has 2 aromatic carbocycles. The van der Waals surface area contributed by atoms with Gasteiger partial charge in [-0.05, 0) is 56.3 Å². The van der Waals surface area contributed by atoms with E-state index in [1.165, 1.54) is 0 Å². The van der Waals surface area contributed by atoms with E-state index in [4.69, 9.17) is 17.0 Å². The quantitative estimate of drug-likeness (QED) is 0.778. The summed E-state index contributed by atoms with van der Waals surface area (Å²) in [6.07, 6.45) is 0. The minimum atomic E-state index is -0.396. The highest BCUT2D eigenvalue weighted by atomic mass is 32.1. The number of aliphatic imine (C=N–C) groups is 1. The molecule has 0 bridgehead atoms. The Hall–Kier alpha value is -2.46. The average molecular weight is 336 g/mol. The molecule has 0 amide bonds. The molecule has 1 N–H and O–H groups in total. The molecule has 3 nitrogen and oxygen atoms in total. The molecule has 1 heterocycles. The average Bonchev–Trinajstić information content (AvgIpc) is 2.78. The highest BCUT2D eigenvalue weighted by Crippen LogP contribution is 2.37. The first-order valence-electron chi connectivity index (χ1n) is 7.88. The third-order valence-corrected chi connectivity index (χ3v) is 4.33. The minimum Gasteiger partial charge on any atom is -0.467 e. The van der Waals surface area contributed by atoms with Crippen molar-refractivity contribution in [1.29, 1.82) is 0 Å². The summed E-state index contributed by atoms with van der Waals surface area (Å²) in [5.74, 6) is 0.567. The van der Waals surface area contributed by atoms with Crippen LogP contribution < -0.4 is 5.32 Å². The van der Waals surface area contributed by atoms with E-state index in [0.29, 0.717) is 11.0 Å². The van der Waals surface area contributed by atoms with Crippen LogP contribution in [-0.2, 0) is 4.74 Å². The van der Waals surface area contributed by atoms with Gasteiger partial charge in [-0.15, -0.1) is 0 Å². The van der Waals surface area contributed by atoms with Gasteiger partial charge in [-0.3, -0.25) is 0 Å². The topological polar surface area (TPSA) is 33.6 Å². The number of nitrogens with zero attached hydrogens (tertiary/aromatic N) is 1. The first kappa shape index (κ1) is 16.4. The zero-order valence-corrected chi connectivity index (χ0v) is 14.9. The summed E-state index contributed by atoms with van der Waals surface area (Å²) in [4.78, 5) is 4.53. The van der Waals surface area contributed by atoms with E-state index in [1.54, 1.807) is 0 Å². The van der Waals surface area contributed by atoms with E-state index >= 15 is 0 Å². The largest absolute Gasteiger partial charge is 0.467 e. The molecule has 0 atom stereocenters.